The number of aryl methyl sites for hydroxylation is 1. The maximum absolute atomic E-state index is 12.8. The summed E-state index contributed by atoms with van der Waals surface area (Å²) in [5, 5.41) is 4.00. The standard InChI is InChI=1S/C19H20ClN3O2S/c20-13-6-4-12(5-7-13)17(24)22-19-21-16-14(8-9-15(16)26-19)18(25)23-10-2-1-3-11-23/h4-7,14H,1-3,8-11H2,(H,21,22,24). The van der Waals surface area contributed by atoms with Gasteiger partial charge < -0.3 is 4.90 Å². The third kappa shape index (κ3) is 3.48. The van der Waals surface area contributed by atoms with E-state index in [1.807, 2.05) is 4.90 Å². The van der Waals surface area contributed by atoms with Gasteiger partial charge in [-0.2, -0.15) is 0 Å². The van der Waals surface area contributed by atoms with Gasteiger partial charge in [0.25, 0.3) is 5.91 Å². The van der Waals surface area contributed by atoms with E-state index in [0.29, 0.717) is 15.7 Å². The third-order valence-corrected chi connectivity index (χ3v) is 6.31. The summed E-state index contributed by atoms with van der Waals surface area (Å²) in [6, 6.07) is 6.74. The lowest BCUT2D eigenvalue weighted by atomic mass is 10.0. The second-order valence-electron chi connectivity index (χ2n) is 6.77. The highest BCUT2D eigenvalue weighted by molar-refractivity contribution is 7.16. The second kappa shape index (κ2) is 7.37. The van der Waals surface area contributed by atoms with Crippen LogP contribution < -0.4 is 5.32 Å². The number of nitrogens with zero attached hydrogens (tertiary/aromatic N) is 2. The van der Waals surface area contributed by atoms with Gasteiger partial charge >= 0.3 is 0 Å². The number of nitrogens with one attached hydrogen (secondary N) is 1. The number of hydrogen-bond donors (Lipinski definition) is 1. The minimum absolute atomic E-state index is 0.152. The van der Waals surface area contributed by atoms with E-state index in [0.717, 1.165) is 49.3 Å². The number of amides is 2. The van der Waals surface area contributed by atoms with Crippen LogP contribution in [-0.4, -0.2) is 34.8 Å². The molecule has 0 saturated carbocycles. The van der Waals surface area contributed by atoms with Crippen LogP contribution in [0.5, 0.6) is 0 Å². The van der Waals surface area contributed by atoms with Crippen LogP contribution in [0.15, 0.2) is 24.3 Å². The molecule has 1 aromatic heterocycles. The Bertz CT molecular complexity index is 828. The number of anilines is 1. The van der Waals surface area contributed by atoms with Crippen molar-refractivity contribution in [2.24, 2.45) is 0 Å². The van der Waals surface area contributed by atoms with Crippen molar-refractivity contribution in [1.29, 1.82) is 0 Å². The van der Waals surface area contributed by atoms with Crippen molar-refractivity contribution in [2.45, 2.75) is 38.0 Å². The number of halogens is 1. The van der Waals surface area contributed by atoms with Gasteiger partial charge in [0.15, 0.2) is 5.13 Å². The number of aromatic nitrogens is 1. The van der Waals surface area contributed by atoms with E-state index in [1.165, 1.54) is 17.8 Å². The number of rotatable bonds is 3. The van der Waals surface area contributed by atoms with Gasteiger partial charge in [0.2, 0.25) is 5.91 Å². The molecule has 1 aliphatic carbocycles. The molecule has 1 saturated heterocycles. The Morgan fingerprint density at radius 1 is 1.15 bits per heavy atom. The molecule has 2 aromatic rings. The monoisotopic (exact) mass is 389 g/mol. The zero-order chi connectivity index (χ0) is 18.1. The van der Waals surface area contributed by atoms with Crippen molar-refractivity contribution < 1.29 is 9.59 Å². The van der Waals surface area contributed by atoms with E-state index in [-0.39, 0.29) is 17.7 Å². The lowest BCUT2D eigenvalue weighted by Crippen LogP contribution is -2.38. The maximum atomic E-state index is 12.8. The fraction of sp³-hybridized carbons (Fsp3) is 0.421. The van der Waals surface area contributed by atoms with Crippen LogP contribution in [0.4, 0.5) is 5.13 Å². The summed E-state index contributed by atoms with van der Waals surface area (Å²) >= 11 is 7.33. The Morgan fingerprint density at radius 2 is 1.88 bits per heavy atom. The lowest BCUT2D eigenvalue weighted by Gasteiger charge is -2.29. The summed E-state index contributed by atoms with van der Waals surface area (Å²) in [6.07, 6.45) is 5.07. The molecule has 4 rings (SSSR count). The first-order valence-electron chi connectivity index (χ1n) is 8.97. The van der Waals surface area contributed by atoms with Crippen LogP contribution in [-0.2, 0) is 11.2 Å². The molecule has 5 nitrogen and oxygen atoms in total. The molecule has 2 amide bonds. The number of likely N-dealkylation sites (tertiary alicyclic amines) is 1. The maximum Gasteiger partial charge on any atom is 0.257 e. The van der Waals surface area contributed by atoms with Gasteiger partial charge in [-0.1, -0.05) is 11.6 Å². The highest BCUT2D eigenvalue weighted by Gasteiger charge is 2.35. The number of hydrogen-bond acceptors (Lipinski definition) is 4. The number of fused-ring (bicyclic) bond motifs is 1. The fourth-order valence-corrected chi connectivity index (χ4v) is 4.79. The van der Waals surface area contributed by atoms with Gasteiger partial charge in [-0.3, -0.25) is 14.9 Å². The van der Waals surface area contributed by atoms with Crippen LogP contribution in [0.2, 0.25) is 5.02 Å². The van der Waals surface area contributed by atoms with Gasteiger partial charge in [-0.05, 0) is 56.4 Å². The van der Waals surface area contributed by atoms with Crippen molar-refractivity contribution in [3.05, 3.63) is 45.4 Å². The minimum atomic E-state index is -0.215. The first-order chi connectivity index (χ1) is 12.6. The summed E-state index contributed by atoms with van der Waals surface area (Å²) in [5.41, 5.74) is 1.39. The summed E-state index contributed by atoms with van der Waals surface area (Å²) < 4.78 is 0. The van der Waals surface area contributed by atoms with Gasteiger partial charge in [0, 0.05) is 28.6 Å². The van der Waals surface area contributed by atoms with E-state index in [1.54, 1.807) is 24.3 Å². The van der Waals surface area contributed by atoms with Crippen molar-refractivity contribution in [3.63, 3.8) is 0 Å². The van der Waals surface area contributed by atoms with E-state index in [2.05, 4.69) is 10.3 Å². The largest absolute Gasteiger partial charge is 0.342 e. The SMILES string of the molecule is O=C(Nc1nc2c(s1)CCC2C(=O)N1CCCCC1)c1ccc(Cl)cc1. The number of carbonyl (C=O) groups is 2. The molecular weight excluding hydrogens is 370 g/mol. The average molecular weight is 390 g/mol. The number of thiazole rings is 1. The molecule has 7 heteroatoms. The van der Waals surface area contributed by atoms with Crippen LogP contribution in [0.25, 0.3) is 0 Å². The zero-order valence-electron chi connectivity index (χ0n) is 14.3. The highest BCUT2D eigenvalue weighted by Crippen LogP contribution is 2.39. The number of piperidine rings is 1. The van der Waals surface area contributed by atoms with Gasteiger partial charge in [0.05, 0.1) is 11.6 Å². The molecule has 0 radical (unpaired) electrons. The molecule has 2 heterocycles. The van der Waals surface area contributed by atoms with Crippen LogP contribution in [0, 0.1) is 0 Å². The van der Waals surface area contributed by atoms with Gasteiger partial charge in [0.1, 0.15) is 0 Å². The lowest BCUT2D eigenvalue weighted by molar-refractivity contribution is -0.133. The van der Waals surface area contributed by atoms with Crippen LogP contribution in [0.1, 0.15) is 52.5 Å². The van der Waals surface area contributed by atoms with Gasteiger partial charge in [-0.15, -0.1) is 11.3 Å². The molecule has 1 fully saturated rings. The molecule has 0 bridgehead atoms. The Balaban J connectivity index is 1.47. The van der Waals surface area contributed by atoms with E-state index in [9.17, 15) is 9.59 Å². The Labute approximate surface area is 161 Å². The summed E-state index contributed by atoms with van der Waals surface area (Å²) in [5.74, 6) is -0.169. The topological polar surface area (TPSA) is 62.3 Å². The summed E-state index contributed by atoms with van der Waals surface area (Å²) in [4.78, 5) is 32.9. The van der Waals surface area contributed by atoms with Crippen molar-refractivity contribution >= 4 is 39.9 Å². The predicted octanol–water partition coefficient (Wildman–Crippen LogP) is 4.09. The number of benzene rings is 1. The first kappa shape index (κ1) is 17.5. The molecule has 1 atom stereocenters. The third-order valence-electron chi connectivity index (χ3n) is 5.01. The Kier molecular flexibility index (Phi) is 4.96. The summed E-state index contributed by atoms with van der Waals surface area (Å²) in [7, 11) is 0. The molecular formula is C19H20ClN3O2S. The average Bonchev–Trinajstić information content (AvgIpc) is 3.22. The van der Waals surface area contributed by atoms with Crippen molar-refractivity contribution in [1.82, 2.24) is 9.88 Å². The molecule has 136 valence electrons. The van der Waals surface area contributed by atoms with E-state index < -0.39 is 0 Å². The highest BCUT2D eigenvalue weighted by atomic mass is 35.5. The molecule has 1 unspecified atom stereocenters. The van der Waals surface area contributed by atoms with Crippen molar-refractivity contribution in [2.75, 3.05) is 18.4 Å². The molecule has 1 N–H and O–H groups in total. The first-order valence-corrected chi connectivity index (χ1v) is 10.2. The van der Waals surface area contributed by atoms with Gasteiger partial charge in [-0.25, -0.2) is 4.98 Å². The molecule has 0 spiro atoms. The normalized spacial score (nSPS) is 19.3. The van der Waals surface area contributed by atoms with Crippen LogP contribution in [0.3, 0.4) is 0 Å². The zero-order valence-corrected chi connectivity index (χ0v) is 15.9. The van der Waals surface area contributed by atoms with E-state index in [4.69, 9.17) is 11.6 Å². The Morgan fingerprint density at radius 3 is 2.62 bits per heavy atom. The van der Waals surface area contributed by atoms with Crippen LogP contribution >= 0.6 is 22.9 Å². The molecule has 26 heavy (non-hydrogen) atoms. The summed E-state index contributed by atoms with van der Waals surface area (Å²) in [6.45, 7) is 1.71. The smallest absolute Gasteiger partial charge is 0.257 e. The fourth-order valence-electron chi connectivity index (χ4n) is 3.63. The Hall–Kier alpha value is -1.92. The molecule has 1 aliphatic heterocycles. The number of carbonyl (C=O) groups excluding carboxylic acids is 2. The van der Waals surface area contributed by atoms with E-state index >= 15 is 0 Å². The predicted molar refractivity (Wildman–Crippen MR) is 103 cm³/mol. The van der Waals surface area contributed by atoms with Crippen molar-refractivity contribution in [3.8, 4) is 0 Å². The second-order valence-corrected chi connectivity index (χ2v) is 8.29. The molecule has 2 aliphatic rings. The molecule has 1 aromatic carbocycles. The quantitative estimate of drug-likeness (QED) is 0.859. The minimum Gasteiger partial charge on any atom is -0.342 e.